The van der Waals surface area contributed by atoms with Gasteiger partial charge in [0, 0.05) is 66.5 Å². The molecule has 3 aromatic rings. The average Bonchev–Trinajstić information content (AvgIpc) is 3.03. The van der Waals surface area contributed by atoms with Gasteiger partial charge in [0.25, 0.3) is 0 Å². The summed E-state index contributed by atoms with van der Waals surface area (Å²) in [5.41, 5.74) is 4.93. The van der Waals surface area contributed by atoms with E-state index in [1.165, 1.54) is 22.2 Å². The molecule has 130 valence electrons. The van der Waals surface area contributed by atoms with E-state index in [-0.39, 0.29) is 0 Å². The number of ether oxygens (including phenoxy) is 1. The molecule has 1 aliphatic rings. The highest BCUT2D eigenvalue weighted by atomic mass is 16.5. The minimum Gasteiger partial charge on any atom is -0.497 e. The molecule has 1 aliphatic heterocycles. The van der Waals surface area contributed by atoms with Crippen molar-refractivity contribution in [3.8, 4) is 5.75 Å². The highest BCUT2D eigenvalue weighted by Gasteiger charge is 2.20. The maximum atomic E-state index is 5.37. The van der Waals surface area contributed by atoms with Gasteiger partial charge in [-0.2, -0.15) is 0 Å². The Hall–Kier alpha value is -2.40. The summed E-state index contributed by atoms with van der Waals surface area (Å²) in [5, 5.41) is 1.23. The van der Waals surface area contributed by atoms with Crippen molar-refractivity contribution in [2.24, 2.45) is 0 Å². The number of fused-ring (bicyclic) bond motifs is 2. The number of benzene rings is 1. The van der Waals surface area contributed by atoms with Crippen molar-refractivity contribution in [2.45, 2.75) is 39.3 Å². The van der Waals surface area contributed by atoms with Crippen molar-refractivity contribution in [3.05, 3.63) is 53.2 Å². The van der Waals surface area contributed by atoms with Crippen molar-refractivity contribution in [1.29, 1.82) is 0 Å². The Morgan fingerprint density at radius 3 is 3.00 bits per heavy atom. The van der Waals surface area contributed by atoms with Crippen LogP contribution in [0.1, 0.15) is 42.4 Å². The molecule has 0 aliphatic carbocycles. The number of hydrogen-bond acceptors (Lipinski definition) is 4. The van der Waals surface area contributed by atoms with Gasteiger partial charge in [0.1, 0.15) is 11.6 Å². The van der Waals surface area contributed by atoms with Crippen LogP contribution in [0, 0.1) is 0 Å². The van der Waals surface area contributed by atoms with Crippen LogP contribution in [-0.2, 0) is 19.5 Å². The molecule has 1 N–H and O–H groups in total. The molecule has 0 spiro atoms. The fraction of sp³-hybridized carbons (Fsp3) is 0.400. The van der Waals surface area contributed by atoms with Crippen LogP contribution in [0.5, 0.6) is 5.75 Å². The summed E-state index contributed by atoms with van der Waals surface area (Å²) >= 11 is 0. The molecule has 2 aromatic heterocycles. The number of rotatable bonds is 4. The molecule has 0 bridgehead atoms. The number of methoxy groups -OCH3 is 1. The number of aromatic nitrogens is 3. The molecule has 0 radical (unpaired) electrons. The van der Waals surface area contributed by atoms with Crippen molar-refractivity contribution >= 4 is 10.9 Å². The predicted molar refractivity (Wildman–Crippen MR) is 98.8 cm³/mol. The summed E-state index contributed by atoms with van der Waals surface area (Å²) in [6.45, 7) is 7.13. The van der Waals surface area contributed by atoms with Gasteiger partial charge in [-0.05, 0) is 23.8 Å². The Morgan fingerprint density at radius 1 is 1.32 bits per heavy atom. The number of hydrogen-bond donors (Lipinski definition) is 1. The first-order chi connectivity index (χ1) is 12.1. The second-order valence-electron chi connectivity index (χ2n) is 7.04. The summed E-state index contributed by atoms with van der Waals surface area (Å²) in [4.78, 5) is 15.1. The fourth-order valence-electron chi connectivity index (χ4n) is 3.46. The molecular weight excluding hydrogens is 312 g/mol. The van der Waals surface area contributed by atoms with Gasteiger partial charge in [0.15, 0.2) is 0 Å². The van der Waals surface area contributed by atoms with Crippen LogP contribution < -0.4 is 4.74 Å². The third-order valence-corrected chi connectivity index (χ3v) is 4.92. The van der Waals surface area contributed by atoms with E-state index in [0.717, 1.165) is 43.1 Å². The molecule has 1 aromatic carbocycles. The van der Waals surface area contributed by atoms with E-state index < -0.39 is 0 Å². The standard InChI is InChI=1S/C20H24N4O/c1-13(2)20-22-10-15-12-24(7-6-18(15)23-20)11-14-9-21-19-5-4-16(25-3)8-17(14)19/h4-5,8-10,13,21H,6-7,11-12H2,1-3H3. The monoisotopic (exact) mass is 336 g/mol. The first-order valence-electron chi connectivity index (χ1n) is 8.85. The summed E-state index contributed by atoms with van der Waals surface area (Å²) in [5.74, 6) is 2.23. The second-order valence-corrected chi connectivity index (χ2v) is 7.04. The Kier molecular flexibility index (Phi) is 4.17. The van der Waals surface area contributed by atoms with Gasteiger partial charge < -0.3 is 9.72 Å². The molecule has 0 fully saturated rings. The van der Waals surface area contributed by atoms with Crippen LogP contribution in [0.2, 0.25) is 0 Å². The van der Waals surface area contributed by atoms with Crippen LogP contribution in [0.25, 0.3) is 10.9 Å². The Balaban J connectivity index is 1.55. The smallest absolute Gasteiger partial charge is 0.131 e. The molecule has 4 rings (SSSR count). The van der Waals surface area contributed by atoms with Crippen molar-refractivity contribution < 1.29 is 4.74 Å². The van der Waals surface area contributed by atoms with Crippen molar-refractivity contribution in [1.82, 2.24) is 19.9 Å². The molecule has 5 nitrogen and oxygen atoms in total. The SMILES string of the molecule is COc1ccc2[nH]cc(CN3CCc4nc(C(C)C)ncc4C3)c2c1. The van der Waals surface area contributed by atoms with E-state index in [0.29, 0.717) is 5.92 Å². The molecule has 0 saturated carbocycles. The third kappa shape index (κ3) is 3.12. The maximum Gasteiger partial charge on any atom is 0.131 e. The lowest BCUT2D eigenvalue weighted by atomic mass is 10.1. The third-order valence-electron chi connectivity index (χ3n) is 4.92. The van der Waals surface area contributed by atoms with Gasteiger partial charge in [0.05, 0.1) is 7.11 Å². The van der Waals surface area contributed by atoms with E-state index in [4.69, 9.17) is 9.72 Å². The van der Waals surface area contributed by atoms with E-state index in [1.54, 1.807) is 7.11 Å². The van der Waals surface area contributed by atoms with Gasteiger partial charge in [-0.25, -0.2) is 9.97 Å². The Bertz CT molecular complexity index is 900. The van der Waals surface area contributed by atoms with Crippen LogP contribution in [-0.4, -0.2) is 33.5 Å². The number of nitrogens with zero attached hydrogens (tertiary/aromatic N) is 3. The minimum atomic E-state index is 0.379. The highest BCUT2D eigenvalue weighted by molar-refractivity contribution is 5.84. The van der Waals surface area contributed by atoms with Crippen molar-refractivity contribution in [3.63, 3.8) is 0 Å². The Labute approximate surface area is 148 Å². The second kappa shape index (κ2) is 6.48. The fourth-order valence-corrected chi connectivity index (χ4v) is 3.46. The van der Waals surface area contributed by atoms with Gasteiger partial charge in [-0.15, -0.1) is 0 Å². The minimum absolute atomic E-state index is 0.379. The van der Waals surface area contributed by atoms with Gasteiger partial charge in [0.2, 0.25) is 0 Å². The zero-order valence-corrected chi connectivity index (χ0v) is 15.0. The van der Waals surface area contributed by atoms with Gasteiger partial charge >= 0.3 is 0 Å². The molecule has 25 heavy (non-hydrogen) atoms. The molecule has 0 atom stereocenters. The van der Waals surface area contributed by atoms with E-state index in [1.807, 2.05) is 12.3 Å². The summed E-state index contributed by atoms with van der Waals surface area (Å²) in [7, 11) is 1.71. The van der Waals surface area contributed by atoms with E-state index in [2.05, 4.69) is 47.0 Å². The van der Waals surface area contributed by atoms with Crippen LogP contribution in [0.3, 0.4) is 0 Å². The van der Waals surface area contributed by atoms with Gasteiger partial charge in [-0.1, -0.05) is 13.8 Å². The predicted octanol–water partition coefficient (Wildman–Crippen LogP) is 3.65. The normalized spacial score (nSPS) is 14.9. The number of H-pyrrole nitrogens is 1. The van der Waals surface area contributed by atoms with Crippen LogP contribution in [0.15, 0.2) is 30.6 Å². The molecule has 0 amide bonds. The topological polar surface area (TPSA) is 54.0 Å². The molecule has 0 saturated heterocycles. The molecule has 0 unspecified atom stereocenters. The maximum absolute atomic E-state index is 5.37. The summed E-state index contributed by atoms with van der Waals surface area (Å²) < 4.78 is 5.37. The lowest BCUT2D eigenvalue weighted by Crippen LogP contribution is -2.31. The summed E-state index contributed by atoms with van der Waals surface area (Å²) in [6, 6.07) is 6.17. The first kappa shape index (κ1) is 16.1. The van der Waals surface area contributed by atoms with Crippen molar-refractivity contribution in [2.75, 3.05) is 13.7 Å². The summed E-state index contributed by atoms with van der Waals surface area (Å²) in [6.07, 6.45) is 5.11. The Morgan fingerprint density at radius 2 is 2.20 bits per heavy atom. The largest absolute Gasteiger partial charge is 0.497 e. The highest BCUT2D eigenvalue weighted by Crippen LogP contribution is 2.26. The number of nitrogens with one attached hydrogen (secondary N) is 1. The van der Waals surface area contributed by atoms with E-state index >= 15 is 0 Å². The van der Waals surface area contributed by atoms with Gasteiger partial charge in [-0.3, -0.25) is 4.90 Å². The lowest BCUT2D eigenvalue weighted by molar-refractivity contribution is 0.243. The molecular formula is C20H24N4O. The first-order valence-corrected chi connectivity index (χ1v) is 8.85. The van der Waals surface area contributed by atoms with Crippen LogP contribution in [0.4, 0.5) is 0 Å². The van der Waals surface area contributed by atoms with Crippen LogP contribution >= 0.6 is 0 Å². The average molecular weight is 336 g/mol. The molecule has 3 heterocycles. The zero-order valence-electron chi connectivity index (χ0n) is 15.0. The molecule has 5 heteroatoms. The quantitative estimate of drug-likeness (QED) is 0.790. The zero-order chi connectivity index (χ0) is 17.4. The van der Waals surface area contributed by atoms with E-state index in [9.17, 15) is 0 Å². The number of aromatic amines is 1. The lowest BCUT2D eigenvalue weighted by Gasteiger charge is -2.28.